The van der Waals surface area contributed by atoms with Gasteiger partial charge >= 0.3 is 0 Å². The van der Waals surface area contributed by atoms with Crippen molar-refractivity contribution in [2.75, 3.05) is 18.4 Å². The average molecular weight is 431 g/mol. The van der Waals surface area contributed by atoms with Gasteiger partial charge in [0.15, 0.2) is 11.7 Å². The van der Waals surface area contributed by atoms with Gasteiger partial charge in [-0.15, -0.1) is 0 Å². The van der Waals surface area contributed by atoms with Gasteiger partial charge < -0.3 is 27.8 Å². The molecular formula is C22H34N6O3. The van der Waals surface area contributed by atoms with Gasteiger partial charge in [0.05, 0.1) is 0 Å². The molecule has 0 saturated heterocycles. The summed E-state index contributed by atoms with van der Waals surface area (Å²) in [5, 5.41) is 5.73. The molecule has 1 aliphatic carbocycles. The van der Waals surface area contributed by atoms with E-state index in [-0.39, 0.29) is 29.5 Å². The molecule has 0 unspecified atom stereocenters. The molecule has 8 N–H and O–H groups in total. The van der Waals surface area contributed by atoms with E-state index in [2.05, 4.69) is 15.6 Å². The molecule has 1 aromatic rings. The maximum Gasteiger partial charge on any atom is 0.246 e. The Labute approximate surface area is 183 Å². The largest absolute Gasteiger partial charge is 0.370 e. The lowest BCUT2D eigenvalue weighted by atomic mass is 9.81. The molecule has 9 heteroatoms. The summed E-state index contributed by atoms with van der Waals surface area (Å²) in [6, 6.07) is 5.93. The van der Waals surface area contributed by atoms with E-state index in [0.29, 0.717) is 43.1 Å². The van der Waals surface area contributed by atoms with Gasteiger partial charge in [-0.05, 0) is 82.2 Å². The predicted molar refractivity (Wildman–Crippen MR) is 121 cm³/mol. The zero-order chi connectivity index (χ0) is 22.8. The molecule has 0 radical (unpaired) electrons. The average Bonchev–Trinajstić information content (AvgIpc) is 2.75. The molecule has 1 atom stereocenters. The SMILES string of the molecule is CC(=O)c1ccc(NC(=O)[C@H](CCCN=C(N)N)NC(=O)C2CCC(CN)CC2)cc1. The van der Waals surface area contributed by atoms with Crippen molar-refractivity contribution in [1.82, 2.24) is 5.32 Å². The molecule has 2 rings (SSSR count). The van der Waals surface area contributed by atoms with E-state index in [0.717, 1.165) is 25.7 Å². The number of ketones is 1. The van der Waals surface area contributed by atoms with Crippen molar-refractivity contribution in [2.45, 2.75) is 51.5 Å². The number of amides is 2. The van der Waals surface area contributed by atoms with Crippen molar-refractivity contribution < 1.29 is 14.4 Å². The molecule has 1 aromatic carbocycles. The molecular weight excluding hydrogens is 396 g/mol. The fraction of sp³-hybridized carbons (Fsp3) is 0.545. The second-order valence-corrected chi connectivity index (χ2v) is 8.09. The summed E-state index contributed by atoms with van der Waals surface area (Å²) in [4.78, 5) is 41.0. The zero-order valence-corrected chi connectivity index (χ0v) is 18.1. The molecule has 170 valence electrons. The lowest BCUT2D eigenvalue weighted by Crippen LogP contribution is -2.46. The summed E-state index contributed by atoms with van der Waals surface area (Å²) in [5.41, 5.74) is 17.6. The quantitative estimate of drug-likeness (QED) is 0.161. The normalized spacial score (nSPS) is 19.2. The van der Waals surface area contributed by atoms with Crippen molar-refractivity contribution in [3.05, 3.63) is 29.8 Å². The van der Waals surface area contributed by atoms with Crippen molar-refractivity contribution >= 4 is 29.2 Å². The molecule has 0 spiro atoms. The van der Waals surface area contributed by atoms with Crippen LogP contribution >= 0.6 is 0 Å². The number of hydrogen-bond donors (Lipinski definition) is 5. The molecule has 1 aliphatic rings. The Bertz CT molecular complexity index is 781. The minimum Gasteiger partial charge on any atom is -0.370 e. The van der Waals surface area contributed by atoms with Crippen molar-refractivity contribution in [3.8, 4) is 0 Å². The second-order valence-electron chi connectivity index (χ2n) is 8.09. The molecule has 2 amide bonds. The van der Waals surface area contributed by atoms with Gasteiger partial charge in [-0.1, -0.05) is 0 Å². The van der Waals surface area contributed by atoms with Crippen molar-refractivity contribution in [2.24, 2.45) is 34.0 Å². The Kier molecular flexibility index (Phi) is 9.45. The number of nitrogens with one attached hydrogen (secondary N) is 2. The van der Waals surface area contributed by atoms with Crippen LogP contribution in [0.2, 0.25) is 0 Å². The maximum atomic E-state index is 12.9. The summed E-state index contributed by atoms with van der Waals surface area (Å²) < 4.78 is 0. The first-order valence-electron chi connectivity index (χ1n) is 10.8. The highest BCUT2D eigenvalue weighted by molar-refractivity contribution is 5.98. The number of nitrogens with zero attached hydrogens (tertiary/aromatic N) is 1. The van der Waals surface area contributed by atoms with E-state index in [4.69, 9.17) is 17.2 Å². The topological polar surface area (TPSA) is 166 Å². The zero-order valence-electron chi connectivity index (χ0n) is 18.1. The van der Waals surface area contributed by atoms with Crippen LogP contribution in [0.15, 0.2) is 29.3 Å². The minimum absolute atomic E-state index is 0.00717. The Morgan fingerprint density at radius 3 is 2.29 bits per heavy atom. The predicted octanol–water partition coefficient (Wildman–Crippen LogP) is 1.13. The van der Waals surface area contributed by atoms with Crippen LogP contribution in [0.25, 0.3) is 0 Å². The second kappa shape index (κ2) is 12.0. The molecule has 31 heavy (non-hydrogen) atoms. The van der Waals surface area contributed by atoms with Crippen LogP contribution in [-0.4, -0.2) is 42.7 Å². The number of nitrogens with two attached hydrogens (primary N) is 3. The Morgan fingerprint density at radius 2 is 1.74 bits per heavy atom. The van der Waals surface area contributed by atoms with Gasteiger partial charge in [0.1, 0.15) is 6.04 Å². The van der Waals surface area contributed by atoms with Crippen LogP contribution in [0.5, 0.6) is 0 Å². The van der Waals surface area contributed by atoms with E-state index >= 15 is 0 Å². The molecule has 1 saturated carbocycles. The number of Topliss-reactive ketones (excluding diaryl/α,β-unsaturated/α-hetero) is 1. The van der Waals surface area contributed by atoms with E-state index < -0.39 is 6.04 Å². The van der Waals surface area contributed by atoms with Crippen molar-refractivity contribution in [3.63, 3.8) is 0 Å². The third kappa shape index (κ3) is 8.01. The summed E-state index contributed by atoms with van der Waals surface area (Å²) >= 11 is 0. The van der Waals surface area contributed by atoms with E-state index in [1.165, 1.54) is 6.92 Å². The molecule has 0 aliphatic heterocycles. The third-order valence-electron chi connectivity index (χ3n) is 5.69. The minimum atomic E-state index is -0.707. The standard InChI is InChI=1S/C22H34N6O3/c1-14(29)16-8-10-18(11-9-16)27-21(31)19(3-2-12-26-22(24)25)28-20(30)17-6-4-15(13-23)5-7-17/h8-11,15,17,19H,2-7,12-13,23H2,1H3,(H,27,31)(H,28,30)(H4,24,25,26)/t15?,17?,19-/m0/s1. The Balaban J connectivity index is 2.00. The highest BCUT2D eigenvalue weighted by Gasteiger charge is 2.29. The number of benzene rings is 1. The van der Waals surface area contributed by atoms with E-state index in [9.17, 15) is 14.4 Å². The molecule has 0 aromatic heterocycles. The van der Waals surface area contributed by atoms with Gasteiger partial charge in [-0.3, -0.25) is 19.4 Å². The first kappa shape index (κ1) is 24.3. The number of carbonyl (C=O) groups is 3. The highest BCUT2D eigenvalue weighted by Crippen LogP contribution is 2.28. The summed E-state index contributed by atoms with van der Waals surface area (Å²) in [7, 11) is 0. The van der Waals surface area contributed by atoms with E-state index in [1.807, 2.05) is 0 Å². The summed E-state index contributed by atoms with van der Waals surface area (Å²) in [6.07, 6.45) is 4.36. The van der Waals surface area contributed by atoms with Crippen LogP contribution < -0.4 is 27.8 Å². The van der Waals surface area contributed by atoms with Crippen LogP contribution in [0, 0.1) is 11.8 Å². The molecule has 0 bridgehead atoms. The van der Waals surface area contributed by atoms with Gasteiger partial charge in [-0.2, -0.15) is 0 Å². The van der Waals surface area contributed by atoms with Crippen LogP contribution in [0.1, 0.15) is 55.8 Å². The Morgan fingerprint density at radius 1 is 1.10 bits per heavy atom. The maximum absolute atomic E-state index is 12.9. The first-order chi connectivity index (χ1) is 14.8. The van der Waals surface area contributed by atoms with Crippen LogP contribution in [0.4, 0.5) is 5.69 Å². The fourth-order valence-corrected chi connectivity index (χ4v) is 3.74. The third-order valence-corrected chi connectivity index (χ3v) is 5.69. The van der Waals surface area contributed by atoms with Gasteiger partial charge in [0.25, 0.3) is 0 Å². The lowest BCUT2D eigenvalue weighted by Gasteiger charge is -2.28. The van der Waals surface area contributed by atoms with Gasteiger partial charge in [0, 0.05) is 23.7 Å². The number of hydrogen-bond acceptors (Lipinski definition) is 5. The highest BCUT2D eigenvalue weighted by atomic mass is 16.2. The number of aliphatic imine (C=N–C) groups is 1. The fourth-order valence-electron chi connectivity index (χ4n) is 3.74. The first-order valence-corrected chi connectivity index (χ1v) is 10.8. The van der Waals surface area contributed by atoms with Crippen LogP contribution in [-0.2, 0) is 9.59 Å². The number of anilines is 1. The molecule has 1 fully saturated rings. The lowest BCUT2D eigenvalue weighted by molar-refractivity contribution is -0.130. The summed E-state index contributed by atoms with van der Waals surface area (Å²) in [6.45, 7) is 2.50. The molecule has 0 heterocycles. The van der Waals surface area contributed by atoms with Crippen LogP contribution in [0.3, 0.4) is 0 Å². The van der Waals surface area contributed by atoms with Gasteiger partial charge in [0.2, 0.25) is 11.8 Å². The number of rotatable bonds is 10. The number of guanidine groups is 1. The number of carbonyl (C=O) groups excluding carboxylic acids is 3. The van der Waals surface area contributed by atoms with Gasteiger partial charge in [-0.25, -0.2) is 0 Å². The summed E-state index contributed by atoms with van der Waals surface area (Å²) in [5.74, 6) is -0.112. The Hall–Kier alpha value is -2.94. The smallest absolute Gasteiger partial charge is 0.246 e. The monoisotopic (exact) mass is 430 g/mol. The van der Waals surface area contributed by atoms with E-state index in [1.54, 1.807) is 24.3 Å². The molecule has 9 nitrogen and oxygen atoms in total. The van der Waals surface area contributed by atoms with Crippen molar-refractivity contribution in [1.29, 1.82) is 0 Å².